The number of hydrogen-bond acceptors (Lipinski definition) is 2. The Bertz CT molecular complexity index is 607. The number of rotatable bonds is 9. The molecule has 1 saturated carbocycles. The highest BCUT2D eigenvalue weighted by atomic mass is 35.5. The quantitative estimate of drug-likeness (QED) is 0.575. The molecule has 3 nitrogen and oxygen atoms in total. The van der Waals surface area contributed by atoms with Gasteiger partial charge in [-0.2, -0.15) is 0 Å². The van der Waals surface area contributed by atoms with E-state index < -0.39 is 11.5 Å². The van der Waals surface area contributed by atoms with Crippen LogP contribution in [-0.2, 0) is 10.3 Å². The molecule has 1 aromatic rings. The van der Waals surface area contributed by atoms with Gasteiger partial charge in [0.2, 0.25) is 0 Å². The van der Waals surface area contributed by atoms with E-state index in [-0.39, 0.29) is 11.5 Å². The third kappa shape index (κ3) is 3.66. The Morgan fingerprint density at radius 3 is 2.15 bits per heavy atom. The molecule has 0 amide bonds. The summed E-state index contributed by atoms with van der Waals surface area (Å²) in [7, 11) is 0. The molecule has 1 N–H and O–H groups in total. The summed E-state index contributed by atoms with van der Waals surface area (Å²) in [6, 6.07) is 8.04. The first kappa shape index (κ1) is 21.2. The fraction of sp³-hybridized carbons (Fsp3) is 0.682. The lowest BCUT2D eigenvalue weighted by molar-refractivity contribution is -0.170. The fourth-order valence-electron chi connectivity index (χ4n) is 4.59. The molecule has 0 bridgehead atoms. The molecular weight excluding hydrogens is 346 g/mol. The number of carboxylic acid groups (broad SMARTS) is 1. The minimum Gasteiger partial charge on any atom is -0.480 e. The van der Waals surface area contributed by atoms with Crippen LogP contribution in [0.3, 0.4) is 0 Å². The molecule has 26 heavy (non-hydrogen) atoms. The number of hydrogen-bond donors (Lipinski definition) is 1. The molecule has 0 saturated heterocycles. The molecule has 1 aliphatic carbocycles. The van der Waals surface area contributed by atoms with Gasteiger partial charge in [-0.05, 0) is 61.6 Å². The first-order valence-corrected chi connectivity index (χ1v) is 10.4. The topological polar surface area (TPSA) is 40.5 Å². The van der Waals surface area contributed by atoms with Crippen molar-refractivity contribution in [2.45, 2.75) is 77.8 Å². The van der Waals surface area contributed by atoms with Crippen molar-refractivity contribution in [3.63, 3.8) is 0 Å². The molecule has 1 fully saturated rings. The third-order valence-electron chi connectivity index (χ3n) is 6.36. The molecule has 1 aromatic carbocycles. The molecule has 0 aromatic heterocycles. The van der Waals surface area contributed by atoms with E-state index in [9.17, 15) is 9.90 Å². The summed E-state index contributed by atoms with van der Waals surface area (Å²) < 4.78 is 0. The Hall–Kier alpha value is -1.06. The van der Waals surface area contributed by atoms with E-state index in [1.807, 2.05) is 32.9 Å². The van der Waals surface area contributed by atoms with Crippen molar-refractivity contribution in [1.82, 2.24) is 4.90 Å². The standard InChI is InChI=1S/C22H34ClNO2/c1-6-22(17(4)5,20(25)26)24(15-12-16(2)3)21(13-7-14-21)18-8-10-19(23)11-9-18/h8-11,16-17H,6-7,12-15H2,1-5H3,(H,25,26). The van der Waals surface area contributed by atoms with Gasteiger partial charge in [-0.25, -0.2) is 0 Å². The molecular formula is C22H34ClNO2. The van der Waals surface area contributed by atoms with Crippen LogP contribution >= 0.6 is 11.6 Å². The summed E-state index contributed by atoms with van der Waals surface area (Å²) >= 11 is 6.12. The van der Waals surface area contributed by atoms with E-state index in [4.69, 9.17) is 11.6 Å². The van der Waals surface area contributed by atoms with Gasteiger partial charge in [0, 0.05) is 17.1 Å². The largest absolute Gasteiger partial charge is 0.480 e. The Kier molecular flexibility index (Phi) is 6.79. The van der Waals surface area contributed by atoms with Gasteiger partial charge >= 0.3 is 5.97 Å². The van der Waals surface area contributed by atoms with Crippen LogP contribution in [0.5, 0.6) is 0 Å². The van der Waals surface area contributed by atoms with Gasteiger partial charge in [-0.1, -0.05) is 58.4 Å². The number of benzene rings is 1. The van der Waals surface area contributed by atoms with Crippen LogP contribution in [0.2, 0.25) is 5.02 Å². The van der Waals surface area contributed by atoms with Crippen LogP contribution in [0, 0.1) is 11.8 Å². The molecule has 0 spiro atoms. The lowest BCUT2D eigenvalue weighted by Crippen LogP contribution is -2.67. The van der Waals surface area contributed by atoms with Gasteiger partial charge in [0.15, 0.2) is 0 Å². The molecule has 0 aliphatic heterocycles. The summed E-state index contributed by atoms with van der Waals surface area (Å²) in [4.78, 5) is 14.9. The smallest absolute Gasteiger partial charge is 0.324 e. The maximum Gasteiger partial charge on any atom is 0.324 e. The van der Waals surface area contributed by atoms with Crippen molar-refractivity contribution in [3.8, 4) is 0 Å². The van der Waals surface area contributed by atoms with Gasteiger partial charge in [0.05, 0.1) is 0 Å². The number of nitrogens with zero attached hydrogens (tertiary/aromatic N) is 1. The number of halogens is 1. The van der Waals surface area contributed by atoms with Gasteiger partial charge < -0.3 is 5.11 Å². The first-order valence-electron chi connectivity index (χ1n) is 9.98. The van der Waals surface area contributed by atoms with E-state index in [1.54, 1.807) is 0 Å². The van der Waals surface area contributed by atoms with Gasteiger partial charge in [-0.15, -0.1) is 0 Å². The van der Waals surface area contributed by atoms with E-state index >= 15 is 0 Å². The Balaban J connectivity index is 2.58. The summed E-state index contributed by atoms with van der Waals surface area (Å²) in [5.41, 5.74) is 0.157. The molecule has 4 heteroatoms. The molecule has 1 aliphatic rings. The number of carboxylic acids is 1. The third-order valence-corrected chi connectivity index (χ3v) is 6.61. The van der Waals surface area contributed by atoms with Gasteiger partial charge in [0.1, 0.15) is 5.54 Å². The van der Waals surface area contributed by atoms with E-state index in [1.165, 1.54) is 5.56 Å². The second kappa shape index (κ2) is 8.31. The Morgan fingerprint density at radius 2 is 1.81 bits per heavy atom. The highest BCUT2D eigenvalue weighted by Crippen LogP contribution is 2.52. The zero-order chi connectivity index (χ0) is 19.5. The second-order valence-corrected chi connectivity index (χ2v) is 8.90. The van der Waals surface area contributed by atoms with Crippen LogP contribution in [-0.4, -0.2) is 28.1 Å². The summed E-state index contributed by atoms with van der Waals surface area (Å²) in [6.07, 6.45) is 4.76. The number of carbonyl (C=O) groups is 1. The second-order valence-electron chi connectivity index (χ2n) is 8.46. The zero-order valence-corrected chi connectivity index (χ0v) is 17.6. The van der Waals surface area contributed by atoms with Crippen LogP contribution in [0.1, 0.15) is 72.3 Å². The molecule has 146 valence electrons. The normalized spacial score (nSPS) is 18.8. The highest BCUT2D eigenvalue weighted by molar-refractivity contribution is 6.30. The van der Waals surface area contributed by atoms with Crippen LogP contribution < -0.4 is 0 Å². The van der Waals surface area contributed by atoms with Gasteiger partial charge in [0.25, 0.3) is 0 Å². The predicted octanol–water partition coefficient (Wildman–Crippen LogP) is 5.96. The van der Waals surface area contributed by atoms with Crippen LogP contribution in [0.25, 0.3) is 0 Å². The van der Waals surface area contributed by atoms with Crippen molar-refractivity contribution in [2.24, 2.45) is 11.8 Å². The Morgan fingerprint density at radius 1 is 1.23 bits per heavy atom. The fourth-order valence-corrected chi connectivity index (χ4v) is 4.72. The average Bonchev–Trinajstić information content (AvgIpc) is 2.52. The highest BCUT2D eigenvalue weighted by Gasteiger charge is 2.56. The Labute approximate surface area is 163 Å². The molecule has 0 heterocycles. The predicted molar refractivity (Wildman–Crippen MR) is 109 cm³/mol. The molecule has 0 radical (unpaired) electrons. The molecule has 2 rings (SSSR count). The van der Waals surface area contributed by atoms with Crippen molar-refractivity contribution in [3.05, 3.63) is 34.9 Å². The van der Waals surface area contributed by atoms with Crippen LogP contribution in [0.4, 0.5) is 0 Å². The average molecular weight is 380 g/mol. The lowest BCUT2D eigenvalue weighted by Gasteiger charge is -2.58. The van der Waals surface area contributed by atoms with Crippen LogP contribution in [0.15, 0.2) is 24.3 Å². The minimum absolute atomic E-state index is 0.0296. The van der Waals surface area contributed by atoms with E-state index in [2.05, 4.69) is 30.9 Å². The zero-order valence-electron chi connectivity index (χ0n) is 16.9. The SMILES string of the molecule is CCC(C(=O)O)(C(C)C)N(CCC(C)C)C1(c2ccc(Cl)cc2)CCC1. The van der Waals surface area contributed by atoms with Crippen molar-refractivity contribution >= 4 is 17.6 Å². The van der Waals surface area contributed by atoms with Crippen molar-refractivity contribution < 1.29 is 9.90 Å². The lowest BCUT2D eigenvalue weighted by atomic mass is 9.66. The maximum atomic E-state index is 12.6. The van der Waals surface area contributed by atoms with Gasteiger partial charge in [-0.3, -0.25) is 9.69 Å². The molecule has 1 atom stereocenters. The minimum atomic E-state index is -0.852. The van der Waals surface area contributed by atoms with E-state index in [0.29, 0.717) is 12.3 Å². The number of aliphatic carboxylic acids is 1. The summed E-state index contributed by atoms with van der Waals surface area (Å²) in [6.45, 7) is 11.3. The van der Waals surface area contributed by atoms with Crippen molar-refractivity contribution in [1.29, 1.82) is 0 Å². The monoisotopic (exact) mass is 379 g/mol. The summed E-state index contributed by atoms with van der Waals surface area (Å²) in [5, 5.41) is 11.1. The summed E-state index contributed by atoms with van der Waals surface area (Å²) in [5.74, 6) is -0.128. The maximum absolute atomic E-state index is 12.6. The first-order chi connectivity index (χ1) is 12.2. The van der Waals surface area contributed by atoms with E-state index in [0.717, 1.165) is 37.3 Å². The molecule has 1 unspecified atom stereocenters. The van der Waals surface area contributed by atoms with Crippen molar-refractivity contribution in [2.75, 3.05) is 6.54 Å².